The minimum Gasteiger partial charge on any atom is -0.339 e. The molecule has 8 nitrogen and oxygen atoms in total. The lowest BCUT2D eigenvalue weighted by atomic mass is 10.1. The quantitative estimate of drug-likeness (QED) is 0.280. The van der Waals surface area contributed by atoms with Gasteiger partial charge in [-0.1, -0.05) is 78.6 Å². The van der Waals surface area contributed by atoms with Crippen LogP contribution >= 0.6 is 0 Å². The molecule has 0 radical (unpaired) electrons. The fourth-order valence-corrected chi connectivity index (χ4v) is 25.6. The first kappa shape index (κ1) is 33.9. The van der Waals surface area contributed by atoms with Gasteiger partial charge in [-0.05, 0) is 33.5 Å². The number of carbonyl (C=O) groups is 2. The van der Waals surface area contributed by atoms with E-state index in [1.54, 1.807) is 8.20 Å². The van der Waals surface area contributed by atoms with Crippen molar-refractivity contribution in [2.45, 2.75) is 118 Å². The molecule has 0 aromatic heterocycles. The van der Waals surface area contributed by atoms with Crippen LogP contribution in [0.1, 0.15) is 13.8 Å². The Hall–Kier alpha value is -0.106. The molecule has 0 aromatic rings. The Labute approximate surface area is 215 Å². The minimum absolute atomic E-state index is 0.0240. The van der Waals surface area contributed by atoms with Crippen LogP contribution in [0, 0.1) is 0 Å². The van der Waals surface area contributed by atoms with E-state index in [2.05, 4.69) is 58.9 Å². The SMILES string of the molecule is CC1(C)C(=O)N([Si](C)(C)C)C(=O)N1[Si](C)(C)C.C[Si](C)(C)OS(=O)(=O)N([Si](C)(C)C)[Si](C)(C)C. The minimum atomic E-state index is -3.58. The second kappa shape index (κ2) is 9.98. The number of carbonyl (C=O) groups excluding carboxylic acids is 2. The molecule has 34 heavy (non-hydrogen) atoms. The highest BCUT2D eigenvalue weighted by Gasteiger charge is 2.57. The van der Waals surface area contributed by atoms with Crippen molar-refractivity contribution < 1.29 is 21.9 Å². The van der Waals surface area contributed by atoms with Crippen molar-refractivity contribution >= 4 is 63.5 Å². The zero-order valence-electron chi connectivity index (χ0n) is 24.8. The van der Waals surface area contributed by atoms with Gasteiger partial charge in [-0.15, -0.1) is 0 Å². The Kier molecular flexibility index (Phi) is 9.95. The topological polar surface area (TPSA) is 87.2 Å². The van der Waals surface area contributed by atoms with Gasteiger partial charge in [-0.3, -0.25) is 9.36 Å². The Morgan fingerprint density at radius 3 is 1.24 bits per heavy atom. The maximum Gasteiger partial charge on any atom is 0.316 e. The van der Waals surface area contributed by atoms with Gasteiger partial charge in [0.15, 0.2) is 16.5 Å². The van der Waals surface area contributed by atoms with Crippen LogP contribution in [0.3, 0.4) is 0 Å². The lowest BCUT2D eigenvalue weighted by Crippen LogP contribution is -2.62. The summed E-state index contributed by atoms with van der Waals surface area (Å²) in [7, 11) is -13.4. The van der Waals surface area contributed by atoms with E-state index < -0.39 is 57.1 Å². The monoisotopic (exact) mass is 585 g/mol. The van der Waals surface area contributed by atoms with E-state index in [0.717, 1.165) is 0 Å². The van der Waals surface area contributed by atoms with Gasteiger partial charge in [0, 0.05) is 0 Å². The molecule has 202 valence electrons. The molecule has 1 rings (SSSR count). The molecule has 1 aliphatic heterocycles. The number of rotatable bonds is 7. The van der Waals surface area contributed by atoms with Crippen LogP contribution in [0.25, 0.3) is 0 Å². The van der Waals surface area contributed by atoms with Gasteiger partial charge in [-0.25, -0.2) is 8.43 Å². The highest BCUT2D eigenvalue weighted by molar-refractivity contribution is 7.88. The fourth-order valence-electron chi connectivity index (χ4n) is 4.54. The molecule has 0 atom stereocenters. The van der Waals surface area contributed by atoms with Crippen molar-refractivity contribution in [3.05, 3.63) is 0 Å². The highest BCUT2D eigenvalue weighted by Crippen LogP contribution is 2.35. The fraction of sp³-hybridized carbons (Fsp3) is 0.900. The van der Waals surface area contributed by atoms with E-state index in [4.69, 9.17) is 3.87 Å². The molecular formula is C20H51N3O5SSi5. The summed E-state index contributed by atoms with van der Waals surface area (Å²) in [5.74, 6) is -0.0240. The van der Waals surface area contributed by atoms with Crippen LogP contribution in [0.15, 0.2) is 0 Å². The molecule has 1 heterocycles. The van der Waals surface area contributed by atoms with Crippen molar-refractivity contribution in [2.75, 3.05) is 0 Å². The van der Waals surface area contributed by atoms with Crippen LogP contribution in [0.4, 0.5) is 4.79 Å². The zero-order chi connectivity index (χ0) is 28.1. The molecule has 14 heteroatoms. The molecule has 0 bridgehead atoms. The van der Waals surface area contributed by atoms with Crippen molar-refractivity contribution in [1.82, 2.24) is 12.8 Å². The van der Waals surface area contributed by atoms with E-state index in [9.17, 15) is 18.0 Å². The number of imide groups is 1. The van der Waals surface area contributed by atoms with Gasteiger partial charge >= 0.3 is 16.3 Å². The molecule has 0 spiro atoms. The van der Waals surface area contributed by atoms with Crippen molar-refractivity contribution in [3.8, 4) is 0 Å². The van der Waals surface area contributed by atoms with Crippen molar-refractivity contribution in [2.24, 2.45) is 0 Å². The summed E-state index contributed by atoms with van der Waals surface area (Å²) in [5.41, 5.74) is -0.679. The Balaban J connectivity index is 0.000000641. The number of hydrogen-bond donors (Lipinski definition) is 0. The lowest BCUT2D eigenvalue weighted by molar-refractivity contribution is -0.128. The molecule has 0 aliphatic carbocycles. The zero-order valence-corrected chi connectivity index (χ0v) is 30.6. The van der Waals surface area contributed by atoms with Crippen LogP contribution in [0.5, 0.6) is 0 Å². The highest BCUT2D eigenvalue weighted by atomic mass is 32.2. The van der Waals surface area contributed by atoms with E-state index in [0.29, 0.717) is 0 Å². The smallest absolute Gasteiger partial charge is 0.316 e. The van der Waals surface area contributed by atoms with Gasteiger partial charge in [-0.2, -0.15) is 8.42 Å². The molecule has 1 fully saturated rings. The first-order chi connectivity index (χ1) is 14.4. The summed E-state index contributed by atoms with van der Waals surface area (Å²) >= 11 is 0. The predicted molar refractivity (Wildman–Crippen MR) is 157 cm³/mol. The molecule has 0 N–H and O–H groups in total. The molecule has 1 aliphatic rings. The third-order valence-electron chi connectivity index (χ3n) is 4.81. The Morgan fingerprint density at radius 2 is 1.06 bits per heavy atom. The third kappa shape index (κ3) is 8.49. The molecule has 0 unspecified atom stereocenters. The van der Waals surface area contributed by atoms with Crippen molar-refractivity contribution in [1.29, 1.82) is 0 Å². The summed E-state index contributed by atoms with van der Waals surface area (Å²) in [6.45, 7) is 34.2. The summed E-state index contributed by atoms with van der Waals surface area (Å²) < 4.78 is 35.5. The molecular weight excluding hydrogens is 535 g/mol. The van der Waals surface area contributed by atoms with Gasteiger partial charge in [0.05, 0.1) is 0 Å². The maximum atomic E-state index is 12.5. The van der Waals surface area contributed by atoms with E-state index in [-0.39, 0.29) is 11.9 Å². The van der Waals surface area contributed by atoms with Crippen LogP contribution in [-0.4, -0.2) is 79.9 Å². The normalized spacial score (nSPS) is 18.4. The molecule has 0 saturated carbocycles. The Bertz CT molecular complexity index is 863. The van der Waals surface area contributed by atoms with Crippen LogP contribution in [-0.2, 0) is 19.0 Å². The van der Waals surface area contributed by atoms with Gasteiger partial charge in [0.25, 0.3) is 0 Å². The molecule has 1 saturated heterocycles. The third-order valence-corrected chi connectivity index (χ3v) is 23.0. The first-order valence-corrected chi connectivity index (χ1v) is 30.4. The average Bonchev–Trinajstić information content (AvgIpc) is 2.55. The summed E-state index contributed by atoms with van der Waals surface area (Å²) in [6.07, 6.45) is 0. The van der Waals surface area contributed by atoms with Gasteiger partial charge in [0.1, 0.15) is 22.0 Å². The standard InChI is InChI=1S/C11H24N2O2Si2.C9H27NO3SSi3/c1-11(2)9(14)12(16(3,4)5)10(15)13(11)17(6,7)8;1-15(2,3)10(16(4,5)6)14(11,12)13-17(7,8)9/h1-8H3;1-9H3. The Morgan fingerprint density at radius 1 is 0.706 bits per heavy atom. The van der Waals surface area contributed by atoms with Crippen LogP contribution < -0.4 is 0 Å². The molecule has 0 aromatic carbocycles. The average molecular weight is 586 g/mol. The number of urea groups is 1. The van der Waals surface area contributed by atoms with Crippen molar-refractivity contribution in [3.63, 3.8) is 0 Å². The lowest BCUT2D eigenvalue weighted by Gasteiger charge is -2.42. The summed E-state index contributed by atoms with van der Waals surface area (Å²) in [4.78, 5) is 25.0. The van der Waals surface area contributed by atoms with E-state index >= 15 is 0 Å². The van der Waals surface area contributed by atoms with Gasteiger partial charge in [0.2, 0.25) is 14.2 Å². The van der Waals surface area contributed by atoms with E-state index in [1.807, 2.05) is 57.7 Å². The molecule has 3 amide bonds. The predicted octanol–water partition coefficient (Wildman–Crippen LogP) is 5.75. The number of amides is 3. The summed E-state index contributed by atoms with van der Waals surface area (Å²) in [5, 5.41) is 0. The van der Waals surface area contributed by atoms with Crippen LogP contribution in [0.2, 0.25) is 98.2 Å². The maximum absolute atomic E-state index is 12.5. The largest absolute Gasteiger partial charge is 0.339 e. The summed E-state index contributed by atoms with van der Waals surface area (Å²) in [6, 6.07) is -0.0710. The number of hydrogen-bond acceptors (Lipinski definition) is 5. The second-order valence-corrected chi connectivity index (χ2v) is 40.8. The van der Waals surface area contributed by atoms with E-state index in [1.165, 1.54) is 0 Å². The first-order valence-electron chi connectivity index (χ1n) is 11.8. The second-order valence-electron chi connectivity index (χ2n) is 14.4. The number of nitrogens with zero attached hydrogens (tertiary/aromatic N) is 3. The van der Waals surface area contributed by atoms with Gasteiger partial charge < -0.3 is 8.44 Å².